The minimum atomic E-state index is -5.15. The van der Waals surface area contributed by atoms with Gasteiger partial charge in [-0.1, -0.05) is 39.8 Å². The third-order valence-electron chi connectivity index (χ3n) is 13.3. The van der Waals surface area contributed by atoms with Crippen LogP contribution in [0.25, 0.3) is 28.3 Å². The van der Waals surface area contributed by atoms with E-state index in [0.717, 1.165) is 46.6 Å². The first-order valence-corrected chi connectivity index (χ1v) is 20.4. The number of hydrogen-bond donors (Lipinski definition) is 2. The molecule has 15 heteroatoms. The molecule has 2 aromatic heterocycles. The number of rotatable bonds is 7. The molecule has 320 valence electrons. The molecule has 61 heavy (non-hydrogen) atoms. The maximum Gasteiger partial charge on any atom is 0.416 e. The van der Waals surface area contributed by atoms with Crippen molar-refractivity contribution in [3.05, 3.63) is 110 Å². The van der Waals surface area contributed by atoms with Crippen molar-refractivity contribution in [1.29, 1.82) is 0 Å². The fourth-order valence-electron chi connectivity index (χ4n) is 10.1. The van der Waals surface area contributed by atoms with E-state index in [9.17, 15) is 35.9 Å². The van der Waals surface area contributed by atoms with Crippen LogP contribution in [0.4, 0.5) is 26.3 Å². The van der Waals surface area contributed by atoms with Crippen LogP contribution in [0.5, 0.6) is 0 Å². The molecule has 1 aliphatic carbocycles. The van der Waals surface area contributed by atoms with E-state index < -0.39 is 65.2 Å². The number of halogens is 6. The number of amides is 2. The zero-order valence-electron chi connectivity index (χ0n) is 34.8. The Bertz CT molecular complexity index is 2650. The van der Waals surface area contributed by atoms with Crippen LogP contribution in [0.1, 0.15) is 167 Å². The van der Waals surface area contributed by atoms with E-state index in [1.54, 1.807) is 13.0 Å². The minimum absolute atomic E-state index is 0.00247. The van der Waals surface area contributed by atoms with Gasteiger partial charge in [-0.15, -0.1) is 0 Å². The number of carbonyl (C=O) groups is 3. The van der Waals surface area contributed by atoms with Gasteiger partial charge in [-0.3, -0.25) is 24.3 Å². The normalized spacial score (nSPS) is 21.7. The number of allylic oxidation sites excluding steroid dienone is 3. The van der Waals surface area contributed by atoms with Crippen LogP contribution in [-0.4, -0.2) is 49.7 Å². The lowest BCUT2D eigenvalue weighted by Crippen LogP contribution is -2.40. The molecule has 9 nitrogen and oxygen atoms in total. The van der Waals surface area contributed by atoms with Gasteiger partial charge in [-0.2, -0.15) is 26.3 Å². The van der Waals surface area contributed by atoms with Crippen molar-refractivity contribution in [2.45, 2.75) is 116 Å². The second-order valence-corrected chi connectivity index (χ2v) is 16.8. The van der Waals surface area contributed by atoms with Crippen LogP contribution in [0.3, 0.4) is 0 Å². The number of ether oxygens (including phenoxy) is 1. The molecule has 2 amide bonds. The van der Waals surface area contributed by atoms with Crippen molar-refractivity contribution < 1.29 is 45.5 Å². The predicted octanol–water partition coefficient (Wildman–Crippen LogP) is 11.2. The van der Waals surface area contributed by atoms with Gasteiger partial charge < -0.3 is 14.7 Å². The molecule has 2 unspecified atom stereocenters. The molecule has 0 radical (unpaired) electrons. The van der Waals surface area contributed by atoms with E-state index in [1.807, 2.05) is 26.8 Å². The summed E-state index contributed by atoms with van der Waals surface area (Å²) in [4.78, 5) is 60.5. The first-order valence-electron chi connectivity index (χ1n) is 20.4. The number of imide groups is 1. The Morgan fingerprint density at radius 3 is 2.21 bits per heavy atom. The van der Waals surface area contributed by atoms with E-state index in [4.69, 9.17) is 14.7 Å². The first kappa shape index (κ1) is 42.0. The Kier molecular flexibility index (Phi) is 10.1. The van der Waals surface area contributed by atoms with Gasteiger partial charge in [0.1, 0.15) is 0 Å². The molecule has 3 aromatic rings. The molecule has 0 spiro atoms. The monoisotopic (exact) mass is 845 g/mol. The van der Waals surface area contributed by atoms with E-state index in [2.05, 4.69) is 36.0 Å². The van der Waals surface area contributed by atoms with Crippen molar-refractivity contribution in [3.63, 3.8) is 0 Å². The lowest BCUT2D eigenvalue weighted by atomic mass is 9.68. The van der Waals surface area contributed by atoms with Crippen molar-refractivity contribution in [1.82, 2.24) is 24.8 Å². The SMILES string of the molecule is CCC1=C(C)c2cc3[nH]c4c(c5nc(c6c7[nH]c(cc1n2)c(C)c7C(=O)N(Cc1cc(C(F)(F)F)cc(C(F)(F)F)c1)C6=O)[C@@H](CCC(=O)OC)[C@@H]5C)C=CCC4(C)C3CC. The lowest BCUT2D eigenvalue weighted by Gasteiger charge is -2.34. The zero-order chi connectivity index (χ0) is 44.1. The number of fused-ring (bicyclic) bond motifs is 8. The van der Waals surface area contributed by atoms with Crippen LogP contribution < -0.4 is 0 Å². The van der Waals surface area contributed by atoms with E-state index >= 15 is 4.79 Å². The molecule has 2 N–H and O–H groups in total. The second kappa shape index (κ2) is 14.7. The first-order chi connectivity index (χ1) is 28.7. The van der Waals surface area contributed by atoms with Gasteiger partial charge >= 0.3 is 18.3 Å². The maximum absolute atomic E-state index is 15.1. The van der Waals surface area contributed by atoms with Gasteiger partial charge in [-0.05, 0) is 92.1 Å². The average Bonchev–Trinajstić information content (AvgIpc) is 3.88. The number of nitrogens with one attached hydrogen (secondary N) is 2. The second-order valence-electron chi connectivity index (χ2n) is 16.8. The van der Waals surface area contributed by atoms with Crippen molar-refractivity contribution >= 4 is 46.0 Å². The van der Waals surface area contributed by atoms with Crippen LogP contribution in [0.15, 0.2) is 36.4 Å². The summed E-state index contributed by atoms with van der Waals surface area (Å²) in [5.74, 6) is -3.28. The molecular weight excluding hydrogens is 801 g/mol. The maximum atomic E-state index is 15.1. The van der Waals surface area contributed by atoms with Crippen LogP contribution in [0, 0.1) is 6.92 Å². The summed E-state index contributed by atoms with van der Waals surface area (Å²) in [6.45, 7) is 11.1. The third-order valence-corrected chi connectivity index (χ3v) is 13.3. The molecule has 4 aliphatic heterocycles. The number of aryl methyl sites for hydroxylation is 1. The molecule has 0 fully saturated rings. The molecule has 0 saturated carbocycles. The van der Waals surface area contributed by atoms with Gasteiger partial charge in [0, 0.05) is 52.1 Å². The van der Waals surface area contributed by atoms with E-state index in [0.29, 0.717) is 45.9 Å². The fraction of sp³-hybridized carbons (Fsp3) is 0.413. The summed E-state index contributed by atoms with van der Waals surface area (Å²) >= 11 is 0. The molecule has 5 aliphatic rings. The summed E-state index contributed by atoms with van der Waals surface area (Å²) in [5.41, 5.74) is 3.84. The van der Waals surface area contributed by atoms with E-state index in [-0.39, 0.29) is 52.6 Å². The lowest BCUT2D eigenvalue weighted by molar-refractivity contribution is -0.143. The number of esters is 1. The number of hydrogen-bond acceptors (Lipinski definition) is 6. The van der Waals surface area contributed by atoms with Gasteiger partial charge in [0.2, 0.25) is 0 Å². The topological polar surface area (TPSA) is 121 Å². The van der Waals surface area contributed by atoms with Crippen molar-refractivity contribution in [2.24, 2.45) is 0 Å². The zero-order valence-corrected chi connectivity index (χ0v) is 34.8. The molecule has 0 saturated heterocycles. The largest absolute Gasteiger partial charge is 0.469 e. The summed E-state index contributed by atoms with van der Waals surface area (Å²) in [7, 11) is 1.27. The Morgan fingerprint density at radius 1 is 0.918 bits per heavy atom. The third kappa shape index (κ3) is 6.74. The molecule has 8 rings (SSSR count). The van der Waals surface area contributed by atoms with Gasteiger partial charge in [0.25, 0.3) is 11.8 Å². The summed E-state index contributed by atoms with van der Waals surface area (Å²) < 4.78 is 89.1. The molecule has 4 atom stereocenters. The fourth-order valence-corrected chi connectivity index (χ4v) is 10.1. The van der Waals surface area contributed by atoms with E-state index in [1.165, 1.54) is 7.11 Å². The van der Waals surface area contributed by atoms with Crippen molar-refractivity contribution in [3.8, 4) is 0 Å². The highest BCUT2D eigenvalue weighted by Gasteiger charge is 2.47. The smallest absolute Gasteiger partial charge is 0.416 e. The van der Waals surface area contributed by atoms with Gasteiger partial charge in [0.15, 0.2) is 0 Å². The number of aromatic nitrogens is 4. The number of alkyl halides is 6. The quantitative estimate of drug-likeness (QED) is 0.139. The van der Waals surface area contributed by atoms with Crippen LogP contribution >= 0.6 is 0 Å². The highest BCUT2D eigenvalue weighted by Crippen LogP contribution is 2.53. The number of nitrogens with zero attached hydrogens (tertiary/aromatic N) is 3. The Balaban J connectivity index is 1.48. The summed E-state index contributed by atoms with van der Waals surface area (Å²) in [6.07, 6.45) is -3.89. The van der Waals surface area contributed by atoms with Gasteiger partial charge in [-0.25, -0.2) is 4.98 Å². The summed E-state index contributed by atoms with van der Waals surface area (Å²) in [6, 6.07) is 4.94. The summed E-state index contributed by atoms with van der Waals surface area (Å²) in [5, 5.41) is 0. The average molecular weight is 846 g/mol. The standard InChI is InChI=1S/C46H45F6N5O4/c1-8-27-21(3)31-19-34-30(9-2)44(6)14-10-11-29(41(44)55-34)38-22(4)28(12-13-35(58)61-7)39(56-38)37-40-36(23(5)32(54-40)18-33(27)53-31)42(59)57(43(37)60)20-24-15-25(45(47,48)49)17-26(16-24)46(50,51)52/h10-11,15-19,22,28,30,54-55H,8-9,12-14,20H2,1-7H3/t22-,28-,30?,44?/m0/s1. The number of aromatic amines is 2. The van der Waals surface area contributed by atoms with Gasteiger partial charge in [0.05, 0.1) is 64.2 Å². The molecule has 8 bridgehead atoms. The predicted molar refractivity (Wildman–Crippen MR) is 217 cm³/mol. The number of benzene rings is 1. The number of carbonyl (C=O) groups excluding carboxylic acids is 3. The Morgan fingerprint density at radius 2 is 1.59 bits per heavy atom. The molecular formula is C46H45F6N5O4. The highest BCUT2D eigenvalue weighted by atomic mass is 19.4. The Hall–Kier alpha value is -5.73. The number of H-pyrrole nitrogens is 2. The minimum Gasteiger partial charge on any atom is -0.469 e. The highest BCUT2D eigenvalue weighted by molar-refractivity contribution is 6.23. The number of methoxy groups -OCH3 is 1. The van der Waals surface area contributed by atoms with Crippen LogP contribution in [-0.2, 0) is 33.8 Å². The molecule has 1 aromatic carbocycles. The van der Waals surface area contributed by atoms with Crippen LogP contribution in [0.2, 0.25) is 0 Å². The Labute approximate surface area is 348 Å². The molecule has 6 heterocycles. The van der Waals surface area contributed by atoms with Crippen molar-refractivity contribution in [2.75, 3.05) is 7.11 Å².